The Morgan fingerprint density at radius 3 is 2.74 bits per heavy atom. The minimum atomic E-state index is -4.77. The summed E-state index contributed by atoms with van der Waals surface area (Å²) in [7, 11) is 0. The van der Waals surface area contributed by atoms with E-state index < -0.39 is 12.3 Å². The number of carbonyl (C=O) groups excluding carboxylic acids is 1. The van der Waals surface area contributed by atoms with Gasteiger partial charge in [-0.1, -0.05) is 11.3 Å². The lowest BCUT2D eigenvalue weighted by Crippen LogP contribution is -2.24. The zero-order valence-corrected chi connectivity index (χ0v) is 10.1. The summed E-state index contributed by atoms with van der Waals surface area (Å²) < 4.78 is 41.7. The van der Waals surface area contributed by atoms with E-state index in [9.17, 15) is 18.0 Å². The van der Waals surface area contributed by atoms with Gasteiger partial charge < -0.3 is 15.0 Å². The van der Waals surface area contributed by atoms with Gasteiger partial charge in [-0.2, -0.15) is 0 Å². The summed E-state index contributed by atoms with van der Waals surface area (Å²) in [5, 5.41) is 7.65. The highest BCUT2D eigenvalue weighted by molar-refractivity contribution is 7.16. The van der Waals surface area contributed by atoms with E-state index >= 15 is 0 Å². The normalized spacial score (nSPS) is 11.7. The third kappa shape index (κ3) is 3.05. The van der Waals surface area contributed by atoms with Gasteiger partial charge in [0.15, 0.2) is 4.80 Å². The lowest BCUT2D eigenvalue weighted by Gasteiger charge is -2.08. The van der Waals surface area contributed by atoms with E-state index in [1.807, 2.05) is 0 Å². The maximum Gasteiger partial charge on any atom is 0.573 e. The second-order valence-corrected chi connectivity index (χ2v) is 4.67. The summed E-state index contributed by atoms with van der Waals surface area (Å²) in [6.45, 7) is -0.196. The summed E-state index contributed by atoms with van der Waals surface area (Å²) in [4.78, 5) is 10.9. The minimum absolute atomic E-state index is 0.0259. The summed E-state index contributed by atoms with van der Waals surface area (Å²) in [6.07, 6.45) is -4.77. The van der Waals surface area contributed by atoms with Gasteiger partial charge in [-0.25, -0.2) is 0 Å². The molecule has 0 aliphatic heterocycles. The molecule has 0 saturated heterocycles. The quantitative estimate of drug-likeness (QED) is 0.900. The number of hydrogen-bond donors (Lipinski definition) is 2. The van der Waals surface area contributed by atoms with Crippen LogP contribution in [0, 0.1) is 5.41 Å². The number of carbonyl (C=O) groups is 1. The molecule has 2 rings (SSSR count). The van der Waals surface area contributed by atoms with Gasteiger partial charge in [-0.05, 0) is 18.2 Å². The molecule has 9 heteroatoms. The Balaban J connectivity index is 2.46. The summed E-state index contributed by atoms with van der Waals surface area (Å²) >= 11 is 0.935. The number of nitrogens with zero attached hydrogens (tertiary/aromatic N) is 1. The van der Waals surface area contributed by atoms with Crippen molar-refractivity contribution in [3.05, 3.63) is 23.0 Å². The van der Waals surface area contributed by atoms with Crippen molar-refractivity contribution < 1.29 is 22.7 Å². The van der Waals surface area contributed by atoms with E-state index in [2.05, 4.69) is 4.74 Å². The Labute approximate surface area is 108 Å². The third-order valence-electron chi connectivity index (χ3n) is 2.22. The highest BCUT2D eigenvalue weighted by atomic mass is 32.1. The van der Waals surface area contributed by atoms with Crippen molar-refractivity contribution in [2.45, 2.75) is 12.9 Å². The number of ether oxygens (including phenoxy) is 1. The van der Waals surface area contributed by atoms with Crippen molar-refractivity contribution in [1.29, 1.82) is 5.41 Å². The Hall–Kier alpha value is -2.03. The molecule has 0 radical (unpaired) electrons. The van der Waals surface area contributed by atoms with Gasteiger partial charge in [0.05, 0.1) is 10.2 Å². The van der Waals surface area contributed by atoms with Gasteiger partial charge in [0.25, 0.3) is 0 Å². The highest BCUT2D eigenvalue weighted by Gasteiger charge is 2.31. The van der Waals surface area contributed by atoms with Gasteiger partial charge in [-0.15, -0.1) is 13.2 Å². The number of amides is 1. The standard InChI is InChI=1S/C10H8F3N3O2S/c11-10(12,13)18-5-1-2-6-7(3-5)19-9(15)16(6)4-8(14)17/h1-3,15H,4H2,(H2,14,17). The van der Waals surface area contributed by atoms with E-state index in [0.29, 0.717) is 10.2 Å². The van der Waals surface area contributed by atoms with Crippen molar-refractivity contribution in [3.63, 3.8) is 0 Å². The van der Waals surface area contributed by atoms with Crippen LogP contribution < -0.4 is 15.3 Å². The molecule has 0 unspecified atom stereocenters. The summed E-state index contributed by atoms with van der Waals surface area (Å²) in [5.74, 6) is -0.999. The van der Waals surface area contributed by atoms with Crippen molar-refractivity contribution >= 4 is 27.5 Å². The number of aromatic nitrogens is 1. The van der Waals surface area contributed by atoms with Crippen LogP contribution in [0.2, 0.25) is 0 Å². The Morgan fingerprint density at radius 1 is 1.47 bits per heavy atom. The molecule has 1 heterocycles. The smallest absolute Gasteiger partial charge is 0.406 e. The van der Waals surface area contributed by atoms with Crippen LogP contribution in [0.15, 0.2) is 18.2 Å². The van der Waals surface area contributed by atoms with Crippen molar-refractivity contribution in [2.75, 3.05) is 0 Å². The van der Waals surface area contributed by atoms with E-state index in [1.54, 1.807) is 0 Å². The molecule has 102 valence electrons. The fraction of sp³-hybridized carbons (Fsp3) is 0.200. The molecule has 0 spiro atoms. The molecule has 2 aromatic rings. The first kappa shape index (κ1) is 13.4. The molecule has 19 heavy (non-hydrogen) atoms. The van der Waals surface area contributed by atoms with E-state index in [4.69, 9.17) is 11.1 Å². The molecule has 0 fully saturated rings. The predicted molar refractivity (Wildman–Crippen MR) is 61.5 cm³/mol. The Kier molecular flexibility index (Phi) is 3.23. The van der Waals surface area contributed by atoms with E-state index in [0.717, 1.165) is 17.4 Å². The largest absolute Gasteiger partial charge is 0.573 e. The fourth-order valence-corrected chi connectivity index (χ4v) is 2.52. The molecule has 0 bridgehead atoms. The number of thiazole rings is 1. The van der Waals surface area contributed by atoms with Crippen LogP contribution in [0.3, 0.4) is 0 Å². The van der Waals surface area contributed by atoms with Gasteiger partial charge in [0.1, 0.15) is 12.3 Å². The van der Waals surface area contributed by atoms with Crippen LogP contribution in [0.4, 0.5) is 13.2 Å². The van der Waals surface area contributed by atoms with Crippen molar-refractivity contribution in [2.24, 2.45) is 5.73 Å². The molecule has 0 aliphatic rings. The van der Waals surface area contributed by atoms with Crippen LogP contribution in [-0.2, 0) is 11.3 Å². The molecule has 0 saturated carbocycles. The molecule has 0 atom stereocenters. The highest BCUT2D eigenvalue weighted by Crippen LogP contribution is 2.27. The Morgan fingerprint density at radius 2 is 2.16 bits per heavy atom. The van der Waals surface area contributed by atoms with Crippen LogP contribution in [-0.4, -0.2) is 16.8 Å². The van der Waals surface area contributed by atoms with Crippen LogP contribution in [0.1, 0.15) is 0 Å². The van der Waals surface area contributed by atoms with Crippen molar-refractivity contribution in [3.8, 4) is 5.75 Å². The number of hydrogen-bond acceptors (Lipinski definition) is 4. The van der Waals surface area contributed by atoms with Crippen LogP contribution in [0.25, 0.3) is 10.2 Å². The van der Waals surface area contributed by atoms with Gasteiger partial charge in [0, 0.05) is 0 Å². The second kappa shape index (κ2) is 4.57. The first-order valence-corrected chi connectivity index (χ1v) is 5.80. The molecule has 5 nitrogen and oxygen atoms in total. The molecular weight excluding hydrogens is 283 g/mol. The zero-order valence-electron chi connectivity index (χ0n) is 9.32. The number of rotatable bonds is 3. The average Bonchev–Trinajstić information content (AvgIpc) is 2.51. The molecule has 0 aliphatic carbocycles. The molecule has 1 aromatic carbocycles. The van der Waals surface area contributed by atoms with Crippen LogP contribution in [0.5, 0.6) is 5.75 Å². The first-order chi connectivity index (χ1) is 8.76. The number of halogens is 3. The van der Waals surface area contributed by atoms with E-state index in [1.165, 1.54) is 16.7 Å². The van der Waals surface area contributed by atoms with Crippen molar-refractivity contribution in [1.82, 2.24) is 4.57 Å². The summed E-state index contributed by atoms with van der Waals surface area (Å²) in [5.41, 5.74) is 5.51. The lowest BCUT2D eigenvalue weighted by atomic mass is 10.3. The molecule has 1 amide bonds. The van der Waals surface area contributed by atoms with Gasteiger partial charge in [-0.3, -0.25) is 10.2 Å². The number of nitrogens with one attached hydrogen (secondary N) is 1. The molecule has 3 N–H and O–H groups in total. The topological polar surface area (TPSA) is 81.1 Å². The number of fused-ring (bicyclic) bond motifs is 1. The Bertz CT molecular complexity index is 689. The maximum absolute atomic E-state index is 12.1. The fourth-order valence-electron chi connectivity index (χ4n) is 1.58. The van der Waals surface area contributed by atoms with Gasteiger partial charge in [0.2, 0.25) is 5.91 Å². The third-order valence-corrected chi connectivity index (χ3v) is 3.18. The summed E-state index contributed by atoms with van der Waals surface area (Å²) in [6, 6.07) is 3.65. The minimum Gasteiger partial charge on any atom is -0.406 e. The van der Waals surface area contributed by atoms with E-state index in [-0.39, 0.29) is 17.1 Å². The lowest BCUT2D eigenvalue weighted by molar-refractivity contribution is -0.274. The number of benzene rings is 1. The number of nitrogens with two attached hydrogens (primary N) is 1. The first-order valence-electron chi connectivity index (χ1n) is 4.98. The number of alkyl halides is 3. The monoisotopic (exact) mass is 291 g/mol. The second-order valence-electron chi connectivity index (χ2n) is 3.64. The van der Waals surface area contributed by atoms with Gasteiger partial charge >= 0.3 is 6.36 Å². The number of primary amides is 1. The van der Waals surface area contributed by atoms with Crippen LogP contribution >= 0.6 is 11.3 Å². The molecule has 1 aromatic heterocycles. The SMILES string of the molecule is N=c1sc2cc(OC(F)(F)F)ccc2n1CC(N)=O. The zero-order chi connectivity index (χ0) is 14.2. The average molecular weight is 291 g/mol. The maximum atomic E-state index is 12.1. The molecular formula is C10H8F3N3O2S. The predicted octanol–water partition coefficient (Wildman–Crippen LogP) is 1.57.